The number of nitrogens with zero attached hydrogens (tertiary/aromatic N) is 1. The summed E-state index contributed by atoms with van der Waals surface area (Å²) in [6, 6.07) is 19.0. The maximum atomic E-state index is 12.7. The van der Waals surface area contributed by atoms with Crippen molar-refractivity contribution in [3.63, 3.8) is 0 Å². The van der Waals surface area contributed by atoms with Gasteiger partial charge in [-0.3, -0.25) is 4.79 Å². The summed E-state index contributed by atoms with van der Waals surface area (Å²) in [4.78, 5) is 25.2. The number of carbonyl (C=O) groups is 2. The molecule has 0 aliphatic heterocycles. The van der Waals surface area contributed by atoms with Crippen molar-refractivity contribution in [2.45, 2.75) is 0 Å². The van der Waals surface area contributed by atoms with Crippen LogP contribution in [0.1, 0.15) is 25.6 Å². The van der Waals surface area contributed by atoms with Crippen molar-refractivity contribution in [1.82, 2.24) is 5.43 Å². The third-order valence-electron chi connectivity index (χ3n) is 4.61. The van der Waals surface area contributed by atoms with Gasteiger partial charge in [0, 0.05) is 10.1 Å². The van der Waals surface area contributed by atoms with Crippen molar-refractivity contribution in [1.29, 1.82) is 0 Å². The molecule has 1 heterocycles. The molecule has 0 spiro atoms. The molecule has 6 nitrogen and oxygen atoms in total. The molecule has 1 amide bonds. The fourth-order valence-corrected chi connectivity index (χ4v) is 4.62. The van der Waals surface area contributed by atoms with Crippen LogP contribution < -0.4 is 14.9 Å². The Labute approximate surface area is 203 Å². The van der Waals surface area contributed by atoms with Crippen LogP contribution in [0, 0.1) is 0 Å². The van der Waals surface area contributed by atoms with Crippen LogP contribution >= 0.6 is 34.5 Å². The Balaban J connectivity index is 1.48. The second-order valence-electron chi connectivity index (χ2n) is 6.72. The van der Waals surface area contributed by atoms with Crippen LogP contribution in [0.3, 0.4) is 0 Å². The summed E-state index contributed by atoms with van der Waals surface area (Å²) in [5, 5.41) is 5.43. The molecule has 1 N–H and O–H groups in total. The number of carbonyl (C=O) groups excluding carboxylic acids is 2. The number of amides is 1. The Kier molecular flexibility index (Phi) is 6.93. The largest absolute Gasteiger partial charge is 0.493 e. The molecule has 9 heteroatoms. The summed E-state index contributed by atoms with van der Waals surface area (Å²) in [5.74, 6) is -0.460. The van der Waals surface area contributed by atoms with Gasteiger partial charge in [0.25, 0.3) is 5.91 Å². The minimum Gasteiger partial charge on any atom is -0.493 e. The second-order valence-corrected chi connectivity index (χ2v) is 8.56. The summed E-state index contributed by atoms with van der Waals surface area (Å²) in [5.41, 5.74) is 3.35. The number of thiophene rings is 1. The van der Waals surface area contributed by atoms with Gasteiger partial charge < -0.3 is 9.47 Å². The molecule has 0 atom stereocenters. The van der Waals surface area contributed by atoms with Gasteiger partial charge in [-0.2, -0.15) is 5.10 Å². The lowest BCUT2D eigenvalue weighted by Gasteiger charge is -2.09. The highest BCUT2D eigenvalue weighted by Crippen LogP contribution is 2.37. The third kappa shape index (κ3) is 5.01. The topological polar surface area (TPSA) is 77.0 Å². The van der Waals surface area contributed by atoms with Crippen molar-refractivity contribution in [2.75, 3.05) is 7.11 Å². The normalized spacial score (nSPS) is 11.0. The number of hydrazone groups is 1. The molecule has 0 aliphatic carbocycles. The number of nitrogens with one attached hydrogen (secondary N) is 1. The quantitative estimate of drug-likeness (QED) is 0.148. The predicted octanol–water partition coefficient (Wildman–Crippen LogP) is 6.20. The van der Waals surface area contributed by atoms with Crippen LogP contribution in [0.2, 0.25) is 10.0 Å². The van der Waals surface area contributed by atoms with Crippen molar-refractivity contribution >= 4 is 62.7 Å². The molecule has 0 unspecified atom stereocenters. The van der Waals surface area contributed by atoms with Gasteiger partial charge in [0.2, 0.25) is 0 Å². The van der Waals surface area contributed by atoms with Crippen LogP contribution in [0.4, 0.5) is 0 Å². The Morgan fingerprint density at radius 1 is 1.00 bits per heavy atom. The highest BCUT2D eigenvalue weighted by atomic mass is 35.5. The number of ether oxygens (including phenoxy) is 2. The minimum absolute atomic E-state index is 0.230. The molecular weight excluding hydrogens is 483 g/mol. The van der Waals surface area contributed by atoms with Gasteiger partial charge in [0.05, 0.1) is 28.9 Å². The molecule has 3 aromatic carbocycles. The molecule has 4 aromatic rings. The molecule has 33 heavy (non-hydrogen) atoms. The summed E-state index contributed by atoms with van der Waals surface area (Å²) >= 11 is 13.6. The average molecular weight is 499 g/mol. The van der Waals surface area contributed by atoms with Gasteiger partial charge in [-0.15, -0.1) is 11.3 Å². The molecule has 0 saturated carbocycles. The molecule has 0 radical (unpaired) electrons. The molecule has 1 aromatic heterocycles. The smallest absolute Gasteiger partial charge is 0.355 e. The number of hydrogen-bond acceptors (Lipinski definition) is 6. The van der Waals surface area contributed by atoms with Crippen LogP contribution in [0.25, 0.3) is 10.1 Å². The molecule has 0 fully saturated rings. The number of methoxy groups -OCH3 is 1. The van der Waals surface area contributed by atoms with Crippen LogP contribution in [0.15, 0.2) is 71.8 Å². The SMILES string of the molecule is COc1cc(/C=N/NC(=O)c2ccccc2Cl)ccc1OC(=O)c1sc2ccccc2c1Cl. The van der Waals surface area contributed by atoms with E-state index >= 15 is 0 Å². The number of esters is 1. The van der Waals surface area contributed by atoms with E-state index in [9.17, 15) is 9.59 Å². The van der Waals surface area contributed by atoms with Crippen LogP contribution in [-0.4, -0.2) is 25.2 Å². The molecule has 166 valence electrons. The first-order valence-corrected chi connectivity index (χ1v) is 11.2. The van der Waals surface area contributed by atoms with E-state index in [-0.39, 0.29) is 5.75 Å². The van der Waals surface area contributed by atoms with E-state index in [4.69, 9.17) is 32.7 Å². The van der Waals surface area contributed by atoms with Crippen molar-refractivity contribution in [2.24, 2.45) is 5.10 Å². The van der Waals surface area contributed by atoms with Crippen LogP contribution in [-0.2, 0) is 0 Å². The maximum Gasteiger partial charge on any atom is 0.355 e. The standard InChI is InChI=1S/C24H16Cl2N2O4S/c1-31-19-12-14(13-27-28-23(29)15-6-2-4-8-17(15)25)10-11-18(19)32-24(30)22-21(26)16-7-3-5-9-20(16)33-22/h2-13H,1H3,(H,28,29)/b27-13+. The van der Waals surface area contributed by atoms with Gasteiger partial charge in [-0.1, -0.05) is 53.5 Å². The Morgan fingerprint density at radius 2 is 1.76 bits per heavy atom. The molecule has 4 rings (SSSR count). The van der Waals surface area contributed by atoms with Crippen LogP contribution in [0.5, 0.6) is 11.5 Å². The first-order valence-electron chi connectivity index (χ1n) is 9.63. The zero-order valence-electron chi connectivity index (χ0n) is 17.2. The van der Waals surface area contributed by atoms with E-state index in [0.717, 1.165) is 10.1 Å². The third-order valence-corrected chi connectivity index (χ3v) is 6.59. The van der Waals surface area contributed by atoms with E-state index in [1.807, 2.05) is 24.3 Å². The highest BCUT2D eigenvalue weighted by molar-refractivity contribution is 7.21. The van der Waals surface area contributed by atoms with Gasteiger partial charge >= 0.3 is 5.97 Å². The number of hydrogen-bond donors (Lipinski definition) is 1. The average Bonchev–Trinajstić information content (AvgIpc) is 3.17. The van der Waals surface area contributed by atoms with E-state index in [2.05, 4.69) is 10.5 Å². The second kappa shape index (κ2) is 10.0. The number of rotatable bonds is 6. The summed E-state index contributed by atoms with van der Waals surface area (Å²) in [6.07, 6.45) is 1.44. The lowest BCUT2D eigenvalue weighted by Crippen LogP contribution is -2.17. The minimum atomic E-state index is -0.576. The van der Waals surface area contributed by atoms with Crippen molar-refractivity contribution in [3.05, 3.63) is 92.8 Å². The van der Waals surface area contributed by atoms with Gasteiger partial charge in [0.1, 0.15) is 4.88 Å². The first kappa shape index (κ1) is 22.8. The number of fused-ring (bicyclic) bond motifs is 1. The van der Waals surface area contributed by atoms with E-state index in [1.54, 1.807) is 42.5 Å². The Morgan fingerprint density at radius 3 is 2.52 bits per heavy atom. The monoisotopic (exact) mass is 498 g/mol. The number of halogens is 2. The van der Waals surface area contributed by atoms with Gasteiger partial charge in [0.15, 0.2) is 11.5 Å². The summed E-state index contributed by atoms with van der Waals surface area (Å²) < 4.78 is 11.8. The van der Waals surface area contributed by atoms with E-state index < -0.39 is 11.9 Å². The van der Waals surface area contributed by atoms with Crippen molar-refractivity contribution < 1.29 is 19.1 Å². The highest BCUT2D eigenvalue weighted by Gasteiger charge is 2.20. The summed E-state index contributed by atoms with van der Waals surface area (Å²) in [6.45, 7) is 0. The number of benzene rings is 3. The zero-order chi connectivity index (χ0) is 23.4. The van der Waals surface area contributed by atoms with E-state index in [1.165, 1.54) is 24.7 Å². The molecule has 0 aliphatic rings. The van der Waals surface area contributed by atoms with Gasteiger partial charge in [-0.25, -0.2) is 10.2 Å². The molecule has 0 bridgehead atoms. The maximum absolute atomic E-state index is 12.7. The van der Waals surface area contributed by atoms with E-state index in [0.29, 0.717) is 31.8 Å². The van der Waals surface area contributed by atoms with Gasteiger partial charge in [-0.05, 0) is 42.0 Å². The molecular formula is C24H16Cl2N2O4S. The Bertz CT molecular complexity index is 1380. The lowest BCUT2D eigenvalue weighted by atomic mass is 10.2. The Hall–Kier alpha value is -3.39. The molecule has 0 saturated heterocycles. The fourth-order valence-electron chi connectivity index (χ4n) is 3.01. The fraction of sp³-hybridized carbons (Fsp3) is 0.0417. The zero-order valence-corrected chi connectivity index (χ0v) is 19.5. The first-order chi connectivity index (χ1) is 16.0. The van der Waals surface area contributed by atoms with Crippen molar-refractivity contribution in [3.8, 4) is 11.5 Å². The lowest BCUT2D eigenvalue weighted by molar-refractivity contribution is 0.0734. The summed E-state index contributed by atoms with van der Waals surface area (Å²) in [7, 11) is 1.46. The predicted molar refractivity (Wildman–Crippen MR) is 131 cm³/mol.